The van der Waals surface area contributed by atoms with Crippen molar-refractivity contribution in [1.29, 1.82) is 0 Å². The van der Waals surface area contributed by atoms with E-state index in [1.54, 1.807) is 23.9 Å². The minimum absolute atomic E-state index is 0.200. The van der Waals surface area contributed by atoms with Crippen LogP contribution in [-0.2, 0) is 12.3 Å². The highest BCUT2D eigenvalue weighted by molar-refractivity contribution is 7.97. The van der Waals surface area contributed by atoms with Crippen molar-refractivity contribution in [2.75, 3.05) is 25.9 Å². The van der Waals surface area contributed by atoms with Gasteiger partial charge in [0, 0.05) is 18.3 Å². The molecule has 1 unspecified atom stereocenters. The van der Waals surface area contributed by atoms with Gasteiger partial charge in [0.15, 0.2) is 5.96 Å². The lowest BCUT2D eigenvalue weighted by Crippen LogP contribution is -2.42. The fourth-order valence-corrected chi connectivity index (χ4v) is 3.61. The average molecular weight is 338 g/mol. The third kappa shape index (κ3) is 5.39. The van der Waals surface area contributed by atoms with Crippen molar-refractivity contribution in [2.24, 2.45) is 10.7 Å². The second-order valence-electron chi connectivity index (χ2n) is 5.85. The molecule has 0 bridgehead atoms. The van der Waals surface area contributed by atoms with Crippen molar-refractivity contribution < 1.29 is 4.39 Å². The van der Waals surface area contributed by atoms with Gasteiger partial charge in [-0.3, -0.25) is 4.90 Å². The van der Waals surface area contributed by atoms with E-state index in [-0.39, 0.29) is 5.82 Å². The number of rotatable bonds is 7. The smallest absolute Gasteiger partial charge is 0.188 e. The second-order valence-corrected chi connectivity index (χ2v) is 6.72. The minimum atomic E-state index is -0.200. The van der Waals surface area contributed by atoms with Crippen LogP contribution in [-0.4, -0.2) is 42.8 Å². The molecule has 6 heteroatoms. The number of guanidine groups is 1. The maximum Gasteiger partial charge on any atom is 0.188 e. The van der Waals surface area contributed by atoms with Crippen LogP contribution in [0, 0.1) is 5.82 Å². The molecule has 1 heterocycles. The monoisotopic (exact) mass is 338 g/mol. The van der Waals surface area contributed by atoms with E-state index in [9.17, 15) is 4.39 Å². The number of hydrogen-bond acceptors (Lipinski definition) is 3. The van der Waals surface area contributed by atoms with E-state index in [0.717, 1.165) is 30.0 Å². The summed E-state index contributed by atoms with van der Waals surface area (Å²) in [7, 11) is 0. The van der Waals surface area contributed by atoms with Gasteiger partial charge in [-0.1, -0.05) is 13.0 Å². The van der Waals surface area contributed by atoms with E-state index >= 15 is 0 Å². The number of thioether (sulfide) groups is 1. The van der Waals surface area contributed by atoms with E-state index in [2.05, 4.69) is 22.1 Å². The summed E-state index contributed by atoms with van der Waals surface area (Å²) in [5, 5.41) is 3.23. The summed E-state index contributed by atoms with van der Waals surface area (Å²) in [6.45, 7) is 5.77. The molecule has 128 valence electrons. The third-order valence-electron chi connectivity index (χ3n) is 4.31. The molecule has 1 aromatic carbocycles. The van der Waals surface area contributed by atoms with E-state index < -0.39 is 0 Å². The Bertz CT molecular complexity index is 535. The van der Waals surface area contributed by atoms with Gasteiger partial charge in [0.1, 0.15) is 5.82 Å². The molecule has 1 fully saturated rings. The van der Waals surface area contributed by atoms with Crippen LogP contribution in [0.2, 0.25) is 0 Å². The molecule has 0 saturated carbocycles. The molecular weight excluding hydrogens is 311 g/mol. The van der Waals surface area contributed by atoms with Gasteiger partial charge in [-0.05, 0) is 55.4 Å². The zero-order valence-electron chi connectivity index (χ0n) is 14.0. The van der Waals surface area contributed by atoms with E-state index in [1.807, 2.05) is 6.26 Å². The zero-order chi connectivity index (χ0) is 16.7. The van der Waals surface area contributed by atoms with Gasteiger partial charge in [0.05, 0.1) is 6.54 Å². The van der Waals surface area contributed by atoms with E-state index in [1.165, 1.54) is 25.5 Å². The number of benzene rings is 1. The molecule has 4 nitrogen and oxygen atoms in total. The van der Waals surface area contributed by atoms with E-state index in [0.29, 0.717) is 18.5 Å². The van der Waals surface area contributed by atoms with Gasteiger partial charge in [-0.2, -0.15) is 11.8 Å². The van der Waals surface area contributed by atoms with Crippen molar-refractivity contribution in [1.82, 2.24) is 10.2 Å². The molecule has 0 spiro atoms. The lowest BCUT2D eigenvalue weighted by atomic mass is 10.1. The van der Waals surface area contributed by atoms with Gasteiger partial charge in [0.25, 0.3) is 0 Å². The Labute approximate surface area is 142 Å². The Morgan fingerprint density at radius 2 is 2.30 bits per heavy atom. The quantitative estimate of drug-likeness (QED) is 0.593. The number of aliphatic imine (C=N–C) groups is 1. The van der Waals surface area contributed by atoms with Crippen molar-refractivity contribution in [3.8, 4) is 0 Å². The van der Waals surface area contributed by atoms with Crippen molar-refractivity contribution in [3.05, 3.63) is 35.1 Å². The number of hydrogen-bond donors (Lipinski definition) is 2. The van der Waals surface area contributed by atoms with Crippen molar-refractivity contribution in [3.63, 3.8) is 0 Å². The molecule has 1 atom stereocenters. The van der Waals surface area contributed by atoms with Crippen LogP contribution < -0.4 is 11.1 Å². The Balaban J connectivity index is 1.89. The fourth-order valence-electron chi connectivity index (χ4n) is 3.03. The number of nitrogens with one attached hydrogen (secondary N) is 1. The molecule has 0 aliphatic carbocycles. The largest absolute Gasteiger partial charge is 0.370 e. The SMILES string of the molecule is CCN1CCCC1CNC(N)=NCc1ccc(F)cc1CSC. The maximum atomic E-state index is 13.3. The molecule has 23 heavy (non-hydrogen) atoms. The molecule has 1 saturated heterocycles. The molecule has 0 amide bonds. The molecule has 0 aromatic heterocycles. The summed E-state index contributed by atoms with van der Waals surface area (Å²) in [5.74, 6) is 1.05. The standard InChI is InChI=1S/C17H27FN4S/c1-3-22-8-4-5-16(22)11-21-17(19)20-10-13-6-7-15(18)9-14(13)12-23-2/h6-7,9,16H,3-5,8,10-12H2,1-2H3,(H3,19,20,21). The lowest BCUT2D eigenvalue weighted by Gasteiger charge is -2.23. The first-order valence-corrected chi connectivity index (χ1v) is 9.57. The second kappa shape index (κ2) is 9.13. The van der Waals surface area contributed by atoms with Crippen LogP contribution in [0.25, 0.3) is 0 Å². The zero-order valence-corrected chi connectivity index (χ0v) is 14.8. The number of likely N-dealkylation sites (N-methyl/N-ethyl adjacent to an activating group) is 1. The van der Waals surface area contributed by atoms with Crippen LogP contribution in [0.1, 0.15) is 30.9 Å². The Morgan fingerprint density at radius 3 is 3.04 bits per heavy atom. The summed E-state index contributed by atoms with van der Waals surface area (Å²) < 4.78 is 13.3. The Kier molecular flexibility index (Phi) is 7.17. The lowest BCUT2D eigenvalue weighted by molar-refractivity contribution is 0.267. The first kappa shape index (κ1) is 18.1. The highest BCUT2D eigenvalue weighted by Crippen LogP contribution is 2.18. The highest BCUT2D eigenvalue weighted by atomic mass is 32.2. The van der Waals surface area contributed by atoms with Gasteiger partial charge < -0.3 is 11.1 Å². The number of nitrogens with two attached hydrogens (primary N) is 1. The summed E-state index contributed by atoms with van der Waals surface area (Å²) in [4.78, 5) is 6.88. The van der Waals surface area contributed by atoms with Crippen LogP contribution in [0.5, 0.6) is 0 Å². The first-order valence-electron chi connectivity index (χ1n) is 8.18. The summed E-state index contributed by atoms with van der Waals surface area (Å²) in [6, 6.07) is 5.41. The van der Waals surface area contributed by atoms with Gasteiger partial charge in [0.2, 0.25) is 0 Å². The predicted octanol–water partition coefficient (Wildman–Crippen LogP) is 2.58. The van der Waals surface area contributed by atoms with Crippen molar-refractivity contribution in [2.45, 2.75) is 38.1 Å². The minimum Gasteiger partial charge on any atom is -0.370 e. The number of likely N-dealkylation sites (tertiary alicyclic amines) is 1. The maximum absolute atomic E-state index is 13.3. The summed E-state index contributed by atoms with van der Waals surface area (Å²) >= 11 is 1.67. The van der Waals surface area contributed by atoms with Crippen LogP contribution >= 0.6 is 11.8 Å². The van der Waals surface area contributed by atoms with Gasteiger partial charge in [-0.15, -0.1) is 0 Å². The highest BCUT2D eigenvalue weighted by Gasteiger charge is 2.22. The molecular formula is C17H27FN4S. The number of nitrogens with zero attached hydrogens (tertiary/aromatic N) is 2. The van der Waals surface area contributed by atoms with Crippen molar-refractivity contribution >= 4 is 17.7 Å². The molecule has 3 N–H and O–H groups in total. The van der Waals surface area contributed by atoms with Gasteiger partial charge >= 0.3 is 0 Å². The normalized spacial score (nSPS) is 19.3. The van der Waals surface area contributed by atoms with Crippen LogP contribution in [0.3, 0.4) is 0 Å². The molecule has 1 aromatic rings. The Morgan fingerprint density at radius 1 is 1.48 bits per heavy atom. The average Bonchev–Trinajstić information content (AvgIpc) is 3.00. The molecule has 2 rings (SSSR count). The molecule has 0 radical (unpaired) electrons. The van der Waals surface area contributed by atoms with Crippen LogP contribution in [0.15, 0.2) is 23.2 Å². The topological polar surface area (TPSA) is 53.6 Å². The van der Waals surface area contributed by atoms with Gasteiger partial charge in [-0.25, -0.2) is 9.38 Å². The Hall–Kier alpha value is -1.27. The fraction of sp³-hybridized carbons (Fsp3) is 0.588. The van der Waals surface area contributed by atoms with E-state index in [4.69, 9.17) is 5.73 Å². The predicted molar refractivity (Wildman–Crippen MR) is 97.2 cm³/mol. The third-order valence-corrected chi connectivity index (χ3v) is 4.91. The molecule has 1 aliphatic rings. The van der Waals surface area contributed by atoms with Crippen LogP contribution in [0.4, 0.5) is 4.39 Å². The first-order chi connectivity index (χ1) is 11.1. The number of halogens is 1. The summed E-state index contributed by atoms with van der Waals surface area (Å²) in [5.41, 5.74) is 8.00. The molecule has 1 aliphatic heterocycles. The summed E-state index contributed by atoms with van der Waals surface area (Å²) in [6.07, 6.45) is 4.48.